The number of benzene rings is 1. The van der Waals surface area contributed by atoms with Gasteiger partial charge >= 0.3 is 0 Å². The number of halogens is 1. The first-order valence-electron chi connectivity index (χ1n) is 12.2. The molecule has 2 unspecified atom stereocenters. The van der Waals surface area contributed by atoms with Crippen molar-refractivity contribution in [3.8, 4) is 0 Å². The quantitative estimate of drug-likeness (QED) is 0.204. The van der Waals surface area contributed by atoms with Crippen LogP contribution in [0.25, 0.3) is 0 Å². The first kappa shape index (κ1) is 29.6. The molecule has 0 saturated carbocycles. The van der Waals surface area contributed by atoms with Gasteiger partial charge in [-0.2, -0.15) is 0 Å². The van der Waals surface area contributed by atoms with Gasteiger partial charge in [0.1, 0.15) is 0 Å². The summed E-state index contributed by atoms with van der Waals surface area (Å²) in [6.07, 6.45) is 4.25. The molecule has 0 radical (unpaired) electrons. The van der Waals surface area contributed by atoms with Gasteiger partial charge in [-0.3, -0.25) is 14.7 Å². The molecule has 7 nitrogen and oxygen atoms in total. The maximum Gasteiger partial charge on any atom is 0.221 e. The Morgan fingerprint density at radius 2 is 2.03 bits per heavy atom. The number of primary amides is 1. The van der Waals surface area contributed by atoms with Crippen LogP contribution in [0.3, 0.4) is 0 Å². The number of piperidine rings is 1. The standard InChI is InChI=1S/C25H44N6O.HI/c1-5-30(6-2)14-8-10-20(3)29-25(27-4)28-17-21-11-7-12-22(16-21)18-31-15-9-13-23(19-31)24(26)32;/h7,11-12,16,20,23H,5-6,8-10,13-15,17-19H2,1-4H3,(H2,26,32)(H2,27,28,29);1H. The fourth-order valence-electron chi connectivity index (χ4n) is 4.37. The van der Waals surface area contributed by atoms with Crippen molar-refractivity contribution in [1.82, 2.24) is 20.4 Å². The highest BCUT2D eigenvalue weighted by Gasteiger charge is 2.23. The van der Waals surface area contributed by atoms with Gasteiger partial charge in [-0.15, -0.1) is 24.0 Å². The Morgan fingerprint density at radius 3 is 2.70 bits per heavy atom. The summed E-state index contributed by atoms with van der Waals surface area (Å²) in [5.41, 5.74) is 8.01. The lowest BCUT2D eigenvalue weighted by molar-refractivity contribution is -0.123. The average Bonchev–Trinajstić information content (AvgIpc) is 2.80. The van der Waals surface area contributed by atoms with E-state index in [1.807, 2.05) is 7.05 Å². The number of nitrogens with two attached hydrogens (primary N) is 1. The normalized spacial score (nSPS) is 18.0. The van der Waals surface area contributed by atoms with Gasteiger partial charge in [0.05, 0.1) is 5.92 Å². The van der Waals surface area contributed by atoms with Gasteiger partial charge in [0.2, 0.25) is 5.91 Å². The molecule has 4 N–H and O–H groups in total. The maximum atomic E-state index is 11.5. The van der Waals surface area contributed by atoms with Crippen molar-refractivity contribution in [1.29, 1.82) is 0 Å². The van der Waals surface area contributed by atoms with Crippen LogP contribution in [0.4, 0.5) is 0 Å². The Kier molecular flexibility index (Phi) is 14.6. The van der Waals surface area contributed by atoms with Gasteiger partial charge < -0.3 is 21.3 Å². The van der Waals surface area contributed by atoms with E-state index < -0.39 is 0 Å². The van der Waals surface area contributed by atoms with Crippen LogP contribution in [0, 0.1) is 5.92 Å². The summed E-state index contributed by atoms with van der Waals surface area (Å²) in [5.74, 6) is 0.650. The summed E-state index contributed by atoms with van der Waals surface area (Å²) in [6.45, 7) is 13.4. The zero-order valence-electron chi connectivity index (χ0n) is 21.0. The molecule has 0 aromatic heterocycles. The SMILES string of the molecule is CCN(CC)CCCC(C)NC(=NC)NCc1cccc(CN2CCCC(C(N)=O)C2)c1.I. The number of rotatable bonds is 12. The predicted octanol–water partition coefficient (Wildman–Crippen LogP) is 3.18. The van der Waals surface area contributed by atoms with E-state index in [0.29, 0.717) is 6.04 Å². The van der Waals surface area contributed by atoms with Gasteiger partial charge in [0.15, 0.2) is 5.96 Å². The topological polar surface area (TPSA) is 86.0 Å². The van der Waals surface area contributed by atoms with Crippen molar-refractivity contribution in [2.45, 2.75) is 65.6 Å². The van der Waals surface area contributed by atoms with Crippen LogP contribution in [0.2, 0.25) is 0 Å². The second kappa shape index (κ2) is 16.3. The number of nitrogens with one attached hydrogen (secondary N) is 2. The van der Waals surface area contributed by atoms with E-state index >= 15 is 0 Å². The summed E-state index contributed by atoms with van der Waals surface area (Å²) < 4.78 is 0. The first-order chi connectivity index (χ1) is 15.4. The molecule has 33 heavy (non-hydrogen) atoms. The van der Waals surface area contributed by atoms with Crippen LogP contribution in [-0.4, -0.2) is 67.5 Å². The van der Waals surface area contributed by atoms with Gasteiger partial charge in [0.25, 0.3) is 0 Å². The van der Waals surface area contributed by atoms with Crippen molar-refractivity contribution >= 4 is 35.8 Å². The van der Waals surface area contributed by atoms with Crippen molar-refractivity contribution < 1.29 is 4.79 Å². The van der Waals surface area contributed by atoms with Crippen LogP contribution < -0.4 is 16.4 Å². The van der Waals surface area contributed by atoms with Gasteiger partial charge in [-0.1, -0.05) is 38.1 Å². The molecule has 0 bridgehead atoms. The molecule has 8 heteroatoms. The summed E-state index contributed by atoms with van der Waals surface area (Å²) in [4.78, 5) is 20.7. The van der Waals surface area contributed by atoms with Crippen LogP contribution >= 0.6 is 24.0 Å². The number of carbonyl (C=O) groups is 1. The molecular formula is C25H45IN6O. The van der Waals surface area contributed by atoms with Crippen LogP contribution in [-0.2, 0) is 17.9 Å². The highest BCUT2D eigenvalue weighted by molar-refractivity contribution is 14.0. The molecule has 1 aromatic carbocycles. The molecule has 2 rings (SSSR count). The molecule has 1 aliphatic heterocycles. The molecule has 1 aliphatic rings. The second-order valence-electron chi connectivity index (χ2n) is 8.94. The zero-order chi connectivity index (χ0) is 23.3. The van der Waals surface area contributed by atoms with Crippen LogP contribution in [0.5, 0.6) is 0 Å². The lowest BCUT2D eigenvalue weighted by Crippen LogP contribution is -2.42. The summed E-state index contributed by atoms with van der Waals surface area (Å²) >= 11 is 0. The minimum Gasteiger partial charge on any atom is -0.369 e. The number of hydrogen-bond acceptors (Lipinski definition) is 4. The number of carbonyl (C=O) groups excluding carboxylic acids is 1. The Hall–Kier alpha value is -1.39. The summed E-state index contributed by atoms with van der Waals surface area (Å²) in [6, 6.07) is 9.01. The zero-order valence-corrected chi connectivity index (χ0v) is 23.3. The fourth-order valence-corrected chi connectivity index (χ4v) is 4.37. The molecule has 1 heterocycles. The third-order valence-electron chi connectivity index (χ3n) is 6.38. The van der Waals surface area contributed by atoms with Crippen molar-refractivity contribution in [2.75, 3.05) is 39.8 Å². The van der Waals surface area contributed by atoms with Crippen LogP contribution in [0.15, 0.2) is 29.3 Å². The van der Waals surface area contributed by atoms with Crippen LogP contribution in [0.1, 0.15) is 57.6 Å². The third kappa shape index (κ3) is 11.1. The van der Waals surface area contributed by atoms with Crippen molar-refractivity contribution in [3.05, 3.63) is 35.4 Å². The lowest BCUT2D eigenvalue weighted by Gasteiger charge is -2.31. The van der Waals surface area contributed by atoms with E-state index in [2.05, 4.69) is 70.5 Å². The molecule has 1 fully saturated rings. The van der Waals surface area contributed by atoms with Gasteiger partial charge in [-0.25, -0.2) is 0 Å². The highest BCUT2D eigenvalue weighted by atomic mass is 127. The van der Waals surface area contributed by atoms with Crippen molar-refractivity contribution in [2.24, 2.45) is 16.6 Å². The second-order valence-corrected chi connectivity index (χ2v) is 8.94. The Labute approximate surface area is 218 Å². The largest absolute Gasteiger partial charge is 0.369 e. The number of likely N-dealkylation sites (tertiary alicyclic amines) is 1. The third-order valence-corrected chi connectivity index (χ3v) is 6.38. The average molecular weight is 573 g/mol. The fraction of sp³-hybridized carbons (Fsp3) is 0.680. The monoisotopic (exact) mass is 572 g/mol. The molecule has 188 valence electrons. The predicted molar refractivity (Wildman–Crippen MR) is 149 cm³/mol. The minimum atomic E-state index is -0.172. The minimum absolute atomic E-state index is 0. The number of hydrogen-bond donors (Lipinski definition) is 3. The van der Waals surface area contributed by atoms with E-state index in [1.54, 1.807) is 0 Å². The highest BCUT2D eigenvalue weighted by Crippen LogP contribution is 2.18. The van der Waals surface area contributed by atoms with Gasteiger partial charge in [-0.05, 0) is 69.9 Å². The Morgan fingerprint density at radius 1 is 1.30 bits per heavy atom. The van der Waals surface area contributed by atoms with Gasteiger partial charge in [0, 0.05) is 32.7 Å². The number of amides is 1. The molecule has 1 saturated heterocycles. The van der Waals surface area contributed by atoms with Crippen molar-refractivity contribution in [3.63, 3.8) is 0 Å². The number of guanidine groups is 1. The van der Waals surface area contributed by atoms with E-state index in [9.17, 15) is 4.79 Å². The molecular weight excluding hydrogens is 527 g/mol. The molecule has 0 spiro atoms. The molecule has 2 atom stereocenters. The lowest BCUT2D eigenvalue weighted by atomic mass is 9.97. The first-order valence-corrected chi connectivity index (χ1v) is 12.2. The molecule has 1 aromatic rings. The molecule has 0 aliphatic carbocycles. The summed E-state index contributed by atoms with van der Waals surface area (Å²) in [5, 5.41) is 6.96. The van der Waals surface area contributed by atoms with E-state index in [0.717, 1.165) is 71.0 Å². The smallest absolute Gasteiger partial charge is 0.221 e. The Bertz CT molecular complexity index is 725. The van der Waals surface area contributed by atoms with E-state index in [4.69, 9.17) is 5.73 Å². The molecule has 1 amide bonds. The number of aliphatic imine (C=N–C) groups is 1. The Balaban J connectivity index is 0.00000544. The number of nitrogens with zero attached hydrogens (tertiary/aromatic N) is 3. The maximum absolute atomic E-state index is 11.5. The summed E-state index contributed by atoms with van der Waals surface area (Å²) in [7, 11) is 1.82. The van der Waals surface area contributed by atoms with E-state index in [-0.39, 0.29) is 35.8 Å². The van der Waals surface area contributed by atoms with E-state index in [1.165, 1.54) is 17.5 Å².